The zero-order chi connectivity index (χ0) is 21.4. The second-order valence-electron chi connectivity index (χ2n) is 7.95. The summed E-state index contributed by atoms with van der Waals surface area (Å²) < 4.78 is 22.8. The molecule has 0 radical (unpaired) electrons. The monoisotopic (exact) mass is 428 g/mol. The molecule has 1 unspecified atom stereocenters. The summed E-state index contributed by atoms with van der Waals surface area (Å²) in [6, 6.07) is 18.8. The minimum absolute atomic E-state index is 0.0742. The van der Waals surface area contributed by atoms with E-state index in [2.05, 4.69) is 50.9 Å². The van der Waals surface area contributed by atoms with Crippen LogP contribution in [0.1, 0.15) is 29.5 Å². The Morgan fingerprint density at radius 3 is 2.40 bits per heavy atom. The number of likely N-dealkylation sites (tertiary alicyclic amines) is 1. The van der Waals surface area contributed by atoms with E-state index < -0.39 is 9.84 Å². The number of nitrogens with one attached hydrogen (secondary N) is 2. The number of benzene rings is 2. The highest BCUT2D eigenvalue weighted by Gasteiger charge is 2.24. The molecule has 1 atom stereocenters. The standard InChI is InChI=1S/C23H32N4O2S/c1-24-23(25-15-19-10-12-21(13-11-19)18-30(2,28)29)26-16-22-9-6-14-27(22)17-20-7-4-3-5-8-20/h3-5,7-8,10-13,22H,6,9,14-18H2,1-2H3,(H2,24,25,26). The molecule has 1 saturated heterocycles. The zero-order valence-electron chi connectivity index (χ0n) is 17.8. The molecule has 0 amide bonds. The molecule has 162 valence electrons. The molecule has 3 rings (SSSR count). The van der Waals surface area contributed by atoms with Gasteiger partial charge in [-0.1, -0.05) is 54.6 Å². The van der Waals surface area contributed by atoms with E-state index >= 15 is 0 Å². The average molecular weight is 429 g/mol. The van der Waals surface area contributed by atoms with Gasteiger partial charge in [0, 0.05) is 39.0 Å². The first-order valence-corrected chi connectivity index (χ1v) is 12.5. The van der Waals surface area contributed by atoms with Gasteiger partial charge in [-0.25, -0.2) is 8.42 Å². The number of nitrogens with zero attached hydrogens (tertiary/aromatic N) is 2. The Morgan fingerprint density at radius 1 is 1.03 bits per heavy atom. The van der Waals surface area contributed by atoms with Gasteiger partial charge in [0.2, 0.25) is 0 Å². The first-order chi connectivity index (χ1) is 14.4. The topological polar surface area (TPSA) is 73.8 Å². The van der Waals surface area contributed by atoms with E-state index in [0.29, 0.717) is 12.6 Å². The molecule has 1 heterocycles. The fraction of sp³-hybridized carbons (Fsp3) is 0.435. The van der Waals surface area contributed by atoms with Crippen LogP contribution in [0.15, 0.2) is 59.6 Å². The van der Waals surface area contributed by atoms with Crippen LogP contribution in [-0.2, 0) is 28.7 Å². The number of hydrogen-bond acceptors (Lipinski definition) is 4. The molecule has 2 N–H and O–H groups in total. The Kier molecular flexibility index (Phi) is 7.87. The molecule has 2 aromatic rings. The van der Waals surface area contributed by atoms with E-state index in [4.69, 9.17) is 0 Å². The molecule has 0 spiro atoms. The highest BCUT2D eigenvalue weighted by molar-refractivity contribution is 7.89. The number of sulfone groups is 1. The SMILES string of the molecule is CN=C(NCc1ccc(CS(C)(=O)=O)cc1)NCC1CCCN1Cc1ccccc1. The van der Waals surface area contributed by atoms with Crippen molar-refractivity contribution in [3.63, 3.8) is 0 Å². The van der Waals surface area contributed by atoms with Crippen LogP contribution in [0.2, 0.25) is 0 Å². The summed E-state index contributed by atoms with van der Waals surface area (Å²) in [6.07, 6.45) is 3.67. The second-order valence-corrected chi connectivity index (χ2v) is 10.1. The Labute approximate surface area is 180 Å². The van der Waals surface area contributed by atoms with Crippen molar-refractivity contribution in [2.75, 3.05) is 26.4 Å². The summed E-state index contributed by atoms with van der Waals surface area (Å²) in [5, 5.41) is 6.80. The van der Waals surface area contributed by atoms with Gasteiger partial charge >= 0.3 is 0 Å². The Balaban J connectivity index is 1.46. The lowest BCUT2D eigenvalue weighted by atomic mass is 10.1. The van der Waals surface area contributed by atoms with Crippen LogP contribution in [0.25, 0.3) is 0 Å². The van der Waals surface area contributed by atoms with Crippen LogP contribution in [0.4, 0.5) is 0 Å². The molecule has 30 heavy (non-hydrogen) atoms. The molecule has 1 fully saturated rings. The van der Waals surface area contributed by atoms with Crippen molar-refractivity contribution < 1.29 is 8.42 Å². The van der Waals surface area contributed by atoms with Gasteiger partial charge < -0.3 is 10.6 Å². The van der Waals surface area contributed by atoms with Crippen molar-refractivity contribution in [1.29, 1.82) is 0 Å². The van der Waals surface area contributed by atoms with Crippen LogP contribution in [0.3, 0.4) is 0 Å². The van der Waals surface area contributed by atoms with E-state index in [1.54, 1.807) is 7.05 Å². The third kappa shape index (κ3) is 7.15. The van der Waals surface area contributed by atoms with Crippen molar-refractivity contribution in [3.05, 3.63) is 71.3 Å². The van der Waals surface area contributed by atoms with Crippen LogP contribution in [0.5, 0.6) is 0 Å². The van der Waals surface area contributed by atoms with Crippen LogP contribution >= 0.6 is 0 Å². The van der Waals surface area contributed by atoms with Gasteiger partial charge in [0.15, 0.2) is 15.8 Å². The molecule has 6 nitrogen and oxygen atoms in total. The summed E-state index contributed by atoms with van der Waals surface area (Å²) in [6.45, 7) is 3.61. The molecule has 7 heteroatoms. The molecular formula is C23H32N4O2S. The summed E-state index contributed by atoms with van der Waals surface area (Å²) in [5.74, 6) is 0.854. The molecule has 0 bridgehead atoms. The van der Waals surface area contributed by atoms with Gasteiger partial charge in [0.05, 0.1) is 5.75 Å². The number of hydrogen-bond donors (Lipinski definition) is 2. The van der Waals surface area contributed by atoms with E-state index in [0.717, 1.165) is 36.7 Å². The zero-order valence-corrected chi connectivity index (χ0v) is 18.7. The predicted octanol–water partition coefficient (Wildman–Crippen LogP) is 2.56. The Morgan fingerprint density at radius 2 is 1.73 bits per heavy atom. The Hall–Kier alpha value is -2.38. The van der Waals surface area contributed by atoms with E-state index in [1.165, 1.54) is 24.7 Å². The molecule has 0 aromatic heterocycles. The average Bonchev–Trinajstić information content (AvgIpc) is 3.16. The van der Waals surface area contributed by atoms with Crippen molar-refractivity contribution >= 4 is 15.8 Å². The lowest BCUT2D eigenvalue weighted by molar-refractivity contribution is 0.245. The van der Waals surface area contributed by atoms with Gasteiger partial charge in [-0.15, -0.1) is 0 Å². The number of guanidine groups is 1. The maximum absolute atomic E-state index is 11.4. The molecule has 0 saturated carbocycles. The van der Waals surface area contributed by atoms with Gasteiger partial charge in [-0.2, -0.15) is 0 Å². The minimum Gasteiger partial charge on any atom is -0.355 e. The second kappa shape index (κ2) is 10.6. The van der Waals surface area contributed by atoms with Crippen molar-refractivity contribution in [1.82, 2.24) is 15.5 Å². The van der Waals surface area contributed by atoms with E-state index in [-0.39, 0.29) is 5.75 Å². The lowest BCUT2D eigenvalue weighted by Crippen LogP contribution is -2.44. The van der Waals surface area contributed by atoms with Crippen molar-refractivity contribution in [3.8, 4) is 0 Å². The third-order valence-electron chi connectivity index (χ3n) is 5.37. The predicted molar refractivity (Wildman–Crippen MR) is 123 cm³/mol. The lowest BCUT2D eigenvalue weighted by Gasteiger charge is -2.25. The van der Waals surface area contributed by atoms with Crippen LogP contribution in [-0.4, -0.2) is 51.7 Å². The molecule has 1 aliphatic heterocycles. The first kappa shape index (κ1) is 22.3. The van der Waals surface area contributed by atoms with Gasteiger partial charge in [0.1, 0.15) is 0 Å². The first-order valence-electron chi connectivity index (χ1n) is 10.4. The smallest absolute Gasteiger partial charge is 0.191 e. The maximum atomic E-state index is 11.4. The quantitative estimate of drug-likeness (QED) is 0.499. The summed E-state index contributed by atoms with van der Waals surface area (Å²) >= 11 is 0. The van der Waals surface area contributed by atoms with Gasteiger partial charge in [-0.3, -0.25) is 9.89 Å². The molecule has 0 aliphatic carbocycles. The molecular weight excluding hydrogens is 396 g/mol. The highest BCUT2D eigenvalue weighted by atomic mass is 32.2. The van der Waals surface area contributed by atoms with Gasteiger partial charge in [-0.05, 0) is 36.1 Å². The fourth-order valence-electron chi connectivity index (χ4n) is 3.83. The normalized spacial score (nSPS) is 17.8. The summed E-state index contributed by atoms with van der Waals surface area (Å²) in [4.78, 5) is 6.87. The number of aliphatic imine (C=N–C) groups is 1. The molecule has 1 aliphatic rings. The molecule has 2 aromatic carbocycles. The highest BCUT2D eigenvalue weighted by Crippen LogP contribution is 2.19. The van der Waals surface area contributed by atoms with Crippen LogP contribution < -0.4 is 10.6 Å². The Bertz CT molecular complexity index is 927. The van der Waals surface area contributed by atoms with E-state index in [1.807, 2.05) is 24.3 Å². The maximum Gasteiger partial charge on any atom is 0.191 e. The fourth-order valence-corrected chi connectivity index (χ4v) is 4.63. The summed E-state index contributed by atoms with van der Waals surface area (Å²) in [7, 11) is -1.23. The van der Waals surface area contributed by atoms with E-state index in [9.17, 15) is 8.42 Å². The van der Waals surface area contributed by atoms with Crippen molar-refractivity contribution in [2.24, 2.45) is 4.99 Å². The minimum atomic E-state index is -3.01. The third-order valence-corrected chi connectivity index (χ3v) is 6.23. The number of rotatable bonds is 8. The van der Waals surface area contributed by atoms with Gasteiger partial charge in [0.25, 0.3) is 0 Å². The summed E-state index contributed by atoms with van der Waals surface area (Å²) in [5.41, 5.74) is 3.25. The van der Waals surface area contributed by atoms with Crippen LogP contribution in [0, 0.1) is 0 Å². The largest absolute Gasteiger partial charge is 0.355 e. The van der Waals surface area contributed by atoms with Crippen molar-refractivity contribution in [2.45, 2.75) is 37.7 Å².